The number of carbonyl (C=O) groups excluding carboxylic acids is 1. The lowest BCUT2D eigenvalue weighted by atomic mass is 10.1. The van der Waals surface area contributed by atoms with Crippen molar-refractivity contribution in [3.63, 3.8) is 0 Å². The van der Waals surface area contributed by atoms with Gasteiger partial charge in [0.1, 0.15) is 23.1 Å². The fraction of sp³-hybridized carbons (Fsp3) is 0.238. The monoisotopic (exact) mass is 395 g/mol. The van der Waals surface area contributed by atoms with E-state index in [-0.39, 0.29) is 22.7 Å². The van der Waals surface area contributed by atoms with Crippen LogP contribution in [0.1, 0.15) is 25.3 Å². The first kappa shape index (κ1) is 21.4. The van der Waals surface area contributed by atoms with Gasteiger partial charge in [-0.2, -0.15) is 5.26 Å². The molecule has 8 heteroatoms. The molecule has 0 fully saturated rings. The number of carbonyl (C=O) groups is 1. The molecule has 0 spiro atoms. The summed E-state index contributed by atoms with van der Waals surface area (Å²) >= 11 is 0. The number of nitro groups is 1. The molecule has 0 atom stereocenters. The highest BCUT2D eigenvalue weighted by atomic mass is 16.6. The second-order valence-corrected chi connectivity index (χ2v) is 6.04. The van der Waals surface area contributed by atoms with Crippen LogP contribution in [0.3, 0.4) is 0 Å². The predicted molar refractivity (Wildman–Crippen MR) is 109 cm³/mol. The number of hydrogen-bond acceptors (Lipinski definition) is 6. The van der Waals surface area contributed by atoms with Gasteiger partial charge in [0.05, 0.1) is 24.3 Å². The second-order valence-electron chi connectivity index (χ2n) is 6.04. The average molecular weight is 395 g/mol. The minimum Gasteiger partial charge on any atom is -0.495 e. The van der Waals surface area contributed by atoms with Gasteiger partial charge in [-0.1, -0.05) is 25.5 Å². The number of unbranched alkanes of at least 4 members (excludes halogenated alkanes) is 1. The lowest BCUT2D eigenvalue weighted by Gasteiger charge is -2.09. The van der Waals surface area contributed by atoms with E-state index in [1.807, 2.05) is 6.07 Å². The van der Waals surface area contributed by atoms with Crippen molar-refractivity contribution in [2.75, 3.05) is 19.0 Å². The SMILES string of the molecule is CCCCOc1ccc(/C=C(\C#N)C(=O)Nc2cc([N+](=O)[O-])ccc2OC)cc1. The van der Waals surface area contributed by atoms with Crippen molar-refractivity contribution in [3.05, 3.63) is 63.7 Å². The number of nitrogens with one attached hydrogen (secondary N) is 1. The molecule has 0 aliphatic rings. The van der Waals surface area contributed by atoms with Gasteiger partial charge < -0.3 is 14.8 Å². The van der Waals surface area contributed by atoms with E-state index in [2.05, 4.69) is 12.2 Å². The Kier molecular flexibility index (Phi) is 7.74. The summed E-state index contributed by atoms with van der Waals surface area (Å²) in [7, 11) is 1.38. The molecule has 0 heterocycles. The number of nitriles is 1. The molecule has 0 saturated carbocycles. The van der Waals surface area contributed by atoms with E-state index in [0.717, 1.165) is 12.8 Å². The molecule has 150 valence electrons. The fourth-order valence-electron chi connectivity index (χ4n) is 2.41. The number of nitrogens with zero attached hydrogens (tertiary/aromatic N) is 2. The number of anilines is 1. The molecule has 1 N–H and O–H groups in total. The normalized spacial score (nSPS) is 10.7. The van der Waals surface area contributed by atoms with Gasteiger partial charge in [0, 0.05) is 12.1 Å². The van der Waals surface area contributed by atoms with Crippen LogP contribution in [0.4, 0.5) is 11.4 Å². The highest BCUT2D eigenvalue weighted by Gasteiger charge is 2.16. The zero-order valence-corrected chi connectivity index (χ0v) is 16.2. The highest BCUT2D eigenvalue weighted by Crippen LogP contribution is 2.29. The number of non-ortho nitro benzene ring substituents is 1. The fourth-order valence-corrected chi connectivity index (χ4v) is 2.41. The summed E-state index contributed by atoms with van der Waals surface area (Å²) in [6.45, 7) is 2.71. The quantitative estimate of drug-likeness (QED) is 0.222. The zero-order valence-electron chi connectivity index (χ0n) is 16.2. The van der Waals surface area contributed by atoms with Crippen molar-refractivity contribution < 1.29 is 19.2 Å². The average Bonchev–Trinajstić information content (AvgIpc) is 2.73. The topological polar surface area (TPSA) is 114 Å². The molecule has 2 rings (SSSR count). The first-order chi connectivity index (χ1) is 14.0. The second kappa shape index (κ2) is 10.5. The molecule has 0 unspecified atom stereocenters. The van der Waals surface area contributed by atoms with Crippen LogP contribution >= 0.6 is 0 Å². The molecule has 1 amide bonds. The van der Waals surface area contributed by atoms with Crippen molar-refractivity contribution >= 4 is 23.4 Å². The minimum absolute atomic E-state index is 0.104. The molecule has 2 aromatic carbocycles. The summed E-state index contributed by atoms with van der Waals surface area (Å²) < 4.78 is 10.7. The number of benzene rings is 2. The Balaban J connectivity index is 2.17. The highest BCUT2D eigenvalue weighted by molar-refractivity contribution is 6.10. The summed E-state index contributed by atoms with van der Waals surface area (Å²) in [5, 5.41) is 22.8. The summed E-state index contributed by atoms with van der Waals surface area (Å²) in [5.74, 6) is 0.254. The van der Waals surface area contributed by atoms with Crippen LogP contribution in [0.25, 0.3) is 6.08 Å². The van der Waals surface area contributed by atoms with Crippen LogP contribution < -0.4 is 14.8 Å². The third-order valence-corrected chi connectivity index (χ3v) is 3.96. The van der Waals surface area contributed by atoms with Crippen LogP contribution in [0.2, 0.25) is 0 Å². The van der Waals surface area contributed by atoms with Gasteiger partial charge in [-0.3, -0.25) is 14.9 Å². The standard InChI is InChI=1S/C21H21N3O5/c1-3-4-11-29-18-8-5-15(6-9-18)12-16(14-22)21(25)23-19-13-17(24(26)27)7-10-20(19)28-2/h5-10,12-13H,3-4,11H2,1-2H3,(H,23,25)/b16-12+. The Morgan fingerprint density at radius 2 is 2.00 bits per heavy atom. The van der Waals surface area contributed by atoms with E-state index in [9.17, 15) is 20.2 Å². The van der Waals surface area contributed by atoms with E-state index in [4.69, 9.17) is 9.47 Å². The number of amides is 1. The van der Waals surface area contributed by atoms with Crippen molar-refractivity contribution in [1.29, 1.82) is 5.26 Å². The van der Waals surface area contributed by atoms with Crippen LogP contribution in [0.5, 0.6) is 11.5 Å². The molecule has 0 aliphatic heterocycles. The third-order valence-electron chi connectivity index (χ3n) is 3.96. The maximum Gasteiger partial charge on any atom is 0.271 e. The van der Waals surface area contributed by atoms with Crippen LogP contribution in [-0.4, -0.2) is 24.5 Å². The van der Waals surface area contributed by atoms with Gasteiger partial charge in [0.25, 0.3) is 11.6 Å². The Bertz CT molecular complexity index is 946. The molecular weight excluding hydrogens is 374 g/mol. The van der Waals surface area contributed by atoms with E-state index in [1.54, 1.807) is 24.3 Å². The van der Waals surface area contributed by atoms with E-state index >= 15 is 0 Å². The van der Waals surface area contributed by atoms with Gasteiger partial charge >= 0.3 is 0 Å². The van der Waals surface area contributed by atoms with E-state index < -0.39 is 10.8 Å². The van der Waals surface area contributed by atoms with E-state index in [1.165, 1.54) is 31.4 Å². The molecule has 0 aromatic heterocycles. The third kappa shape index (κ3) is 6.07. The number of ether oxygens (including phenoxy) is 2. The summed E-state index contributed by atoms with van der Waals surface area (Å²) in [4.78, 5) is 22.9. The maximum absolute atomic E-state index is 12.5. The molecule has 0 radical (unpaired) electrons. The smallest absolute Gasteiger partial charge is 0.271 e. The molecule has 2 aromatic rings. The Labute approximate surface area is 168 Å². The molecule has 0 bridgehead atoms. The Morgan fingerprint density at radius 3 is 2.59 bits per heavy atom. The van der Waals surface area contributed by atoms with Crippen molar-refractivity contribution in [2.24, 2.45) is 0 Å². The Hall–Kier alpha value is -3.86. The minimum atomic E-state index is -0.699. The van der Waals surface area contributed by atoms with Crippen molar-refractivity contribution in [3.8, 4) is 17.6 Å². The predicted octanol–water partition coefficient (Wildman–Crippen LogP) is 4.33. The van der Waals surface area contributed by atoms with E-state index in [0.29, 0.717) is 17.9 Å². The first-order valence-electron chi connectivity index (χ1n) is 8.97. The van der Waals surface area contributed by atoms with Gasteiger partial charge in [0.15, 0.2) is 0 Å². The zero-order chi connectivity index (χ0) is 21.2. The number of methoxy groups -OCH3 is 1. The molecule has 0 saturated heterocycles. The first-order valence-corrected chi connectivity index (χ1v) is 8.97. The lowest BCUT2D eigenvalue weighted by molar-refractivity contribution is -0.384. The summed E-state index contributed by atoms with van der Waals surface area (Å²) in [6.07, 6.45) is 3.42. The molecule has 29 heavy (non-hydrogen) atoms. The maximum atomic E-state index is 12.5. The molecule has 0 aliphatic carbocycles. The lowest BCUT2D eigenvalue weighted by Crippen LogP contribution is -2.14. The number of rotatable bonds is 9. The van der Waals surface area contributed by atoms with Gasteiger partial charge in [0.2, 0.25) is 0 Å². The summed E-state index contributed by atoms with van der Waals surface area (Å²) in [5.41, 5.74) is 0.388. The van der Waals surface area contributed by atoms with Crippen LogP contribution in [0, 0.1) is 21.4 Å². The van der Waals surface area contributed by atoms with Crippen molar-refractivity contribution in [1.82, 2.24) is 0 Å². The van der Waals surface area contributed by atoms with Gasteiger partial charge in [-0.05, 0) is 36.3 Å². The number of nitro benzene ring substituents is 1. The largest absolute Gasteiger partial charge is 0.495 e. The molecular formula is C21H21N3O5. The van der Waals surface area contributed by atoms with Crippen LogP contribution in [0.15, 0.2) is 48.0 Å². The number of hydrogen-bond donors (Lipinski definition) is 1. The van der Waals surface area contributed by atoms with Gasteiger partial charge in [-0.15, -0.1) is 0 Å². The Morgan fingerprint density at radius 1 is 1.28 bits per heavy atom. The molecule has 8 nitrogen and oxygen atoms in total. The summed E-state index contributed by atoms with van der Waals surface area (Å²) in [6, 6.07) is 12.7. The van der Waals surface area contributed by atoms with Crippen molar-refractivity contribution in [2.45, 2.75) is 19.8 Å². The van der Waals surface area contributed by atoms with Gasteiger partial charge in [-0.25, -0.2) is 0 Å². The van der Waals surface area contributed by atoms with Crippen LogP contribution in [-0.2, 0) is 4.79 Å².